The van der Waals surface area contributed by atoms with Gasteiger partial charge in [-0.05, 0) is 37.2 Å². The highest BCUT2D eigenvalue weighted by molar-refractivity contribution is 7.89. The number of sulfonamides is 1. The number of primary sulfonamides is 1. The van der Waals surface area contributed by atoms with Gasteiger partial charge in [0.15, 0.2) is 0 Å². The summed E-state index contributed by atoms with van der Waals surface area (Å²) in [4.78, 5) is 0.104. The number of halogens is 1. The van der Waals surface area contributed by atoms with Crippen molar-refractivity contribution in [2.45, 2.75) is 11.3 Å². The molecule has 1 unspecified atom stereocenters. The number of nitrogens with two attached hydrogens (primary N) is 1. The molecule has 0 saturated carbocycles. The van der Waals surface area contributed by atoms with Crippen LogP contribution in [-0.2, 0) is 10.0 Å². The lowest BCUT2D eigenvalue weighted by Crippen LogP contribution is -2.15. The first kappa shape index (κ1) is 15.2. The third-order valence-corrected chi connectivity index (χ3v) is 3.73. The minimum absolute atomic E-state index is 0. The van der Waals surface area contributed by atoms with Crippen LogP contribution in [0, 0.1) is 5.92 Å². The van der Waals surface area contributed by atoms with Crippen LogP contribution in [-0.4, -0.2) is 28.1 Å². The first-order valence-electron chi connectivity index (χ1n) is 5.52. The molecule has 1 fully saturated rings. The first-order valence-corrected chi connectivity index (χ1v) is 7.07. The molecule has 18 heavy (non-hydrogen) atoms. The van der Waals surface area contributed by atoms with Crippen molar-refractivity contribution in [3.8, 4) is 5.75 Å². The summed E-state index contributed by atoms with van der Waals surface area (Å²) in [5.41, 5.74) is 0. The van der Waals surface area contributed by atoms with Gasteiger partial charge >= 0.3 is 0 Å². The van der Waals surface area contributed by atoms with Crippen LogP contribution in [0.25, 0.3) is 0 Å². The van der Waals surface area contributed by atoms with Gasteiger partial charge in [0.25, 0.3) is 0 Å². The number of rotatable bonds is 4. The van der Waals surface area contributed by atoms with Crippen molar-refractivity contribution in [2.75, 3.05) is 19.7 Å². The molecule has 0 aromatic heterocycles. The van der Waals surface area contributed by atoms with Crippen LogP contribution in [0.4, 0.5) is 0 Å². The lowest BCUT2D eigenvalue weighted by atomic mass is 10.1. The molecule has 7 heteroatoms. The Labute approximate surface area is 113 Å². The molecule has 1 atom stereocenters. The fourth-order valence-corrected chi connectivity index (χ4v) is 2.31. The summed E-state index contributed by atoms with van der Waals surface area (Å²) in [7, 11) is -3.62. The van der Waals surface area contributed by atoms with Gasteiger partial charge in [-0.3, -0.25) is 0 Å². The summed E-state index contributed by atoms with van der Waals surface area (Å²) in [6.45, 7) is 2.68. The van der Waals surface area contributed by atoms with E-state index in [2.05, 4.69) is 5.32 Å². The van der Waals surface area contributed by atoms with E-state index in [-0.39, 0.29) is 17.3 Å². The van der Waals surface area contributed by atoms with Crippen LogP contribution < -0.4 is 15.2 Å². The minimum Gasteiger partial charge on any atom is -0.493 e. The Kier molecular flexibility index (Phi) is 5.40. The molecule has 2 rings (SSSR count). The van der Waals surface area contributed by atoms with Crippen molar-refractivity contribution in [1.29, 1.82) is 0 Å². The highest BCUT2D eigenvalue weighted by Crippen LogP contribution is 2.17. The predicted molar refractivity (Wildman–Crippen MR) is 71.5 cm³/mol. The molecule has 5 nitrogen and oxygen atoms in total. The van der Waals surface area contributed by atoms with Gasteiger partial charge in [-0.15, -0.1) is 12.4 Å². The van der Waals surface area contributed by atoms with Crippen LogP contribution in [0.2, 0.25) is 0 Å². The summed E-state index contributed by atoms with van der Waals surface area (Å²) < 4.78 is 27.7. The van der Waals surface area contributed by atoms with Crippen LogP contribution in [0.5, 0.6) is 5.75 Å². The number of hydrogen-bond donors (Lipinski definition) is 2. The van der Waals surface area contributed by atoms with Gasteiger partial charge in [-0.25, -0.2) is 13.6 Å². The molecule has 0 radical (unpaired) electrons. The molecule has 1 aromatic rings. The van der Waals surface area contributed by atoms with Crippen molar-refractivity contribution in [2.24, 2.45) is 11.1 Å². The molecule has 102 valence electrons. The maximum absolute atomic E-state index is 11.0. The van der Waals surface area contributed by atoms with Crippen molar-refractivity contribution in [1.82, 2.24) is 5.32 Å². The van der Waals surface area contributed by atoms with Crippen LogP contribution in [0.15, 0.2) is 29.2 Å². The second-order valence-corrected chi connectivity index (χ2v) is 5.75. The van der Waals surface area contributed by atoms with Gasteiger partial charge in [0.2, 0.25) is 10.0 Å². The van der Waals surface area contributed by atoms with Gasteiger partial charge in [0.1, 0.15) is 5.75 Å². The van der Waals surface area contributed by atoms with Crippen LogP contribution >= 0.6 is 12.4 Å². The lowest BCUT2D eigenvalue weighted by Gasteiger charge is -2.10. The summed E-state index contributed by atoms with van der Waals surface area (Å²) in [6.07, 6.45) is 1.12. The fraction of sp³-hybridized carbons (Fsp3) is 0.455. The van der Waals surface area contributed by atoms with Crippen molar-refractivity contribution < 1.29 is 13.2 Å². The maximum Gasteiger partial charge on any atom is 0.238 e. The van der Waals surface area contributed by atoms with E-state index in [1.807, 2.05) is 0 Å². The van der Waals surface area contributed by atoms with E-state index in [0.717, 1.165) is 19.5 Å². The average molecular weight is 293 g/mol. The van der Waals surface area contributed by atoms with Gasteiger partial charge < -0.3 is 10.1 Å². The lowest BCUT2D eigenvalue weighted by molar-refractivity contribution is 0.260. The van der Waals surface area contributed by atoms with Gasteiger partial charge in [0, 0.05) is 12.5 Å². The Balaban J connectivity index is 0.00000162. The smallest absolute Gasteiger partial charge is 0.238 e. The molecule has 0 bridgehead atoms. The van der Waals surface area contributed by atoms with Crippen molar-refractivity contribution in [3.05, 3.63) is 24.3 Å². The van der Waals surface area contributed by atoms with Crippen molar-refractivity contribution >= 4 is 22.4 Å². The molecular weight excluding hydrogens is 276 g/mol. The molecule has 1 aliphatic heterocycles. The largest absolute Gasteiger partial charge is 0.493 e. The Morgan fingerprint density at radius 1 is 1.33 bits per heavy atom. The average Bonchev–Trinajstić information content (AvgIpc) is 2.78. The van der Waals surface area contributed by atoms with E-state index < -0.39 is 10.0 Å². The number of benzene rings is 1. The number of ether oxygens (including phenoxy) is 1. The standard InChI is InChI=1S/C11H16N2O3S.ClH/c12-17(14,15)11-3-1-10(2-4-11)16-8-9-5-6-13-7-9;/h1-4,9,13H,5-8H2,(H2,12,14,15);1H. The Morgan fingerprint density at radius 2 is 2.00 bits per heavy atom. The molecule has 3 N–H and O–H groups in total. The maximum atomic E-state index is 11.0. The Bertz CT molecular complexity index is 470. The summed E-state index contributed by atoms with van der Waals surface area (Å²) in [6, 6.07) is 6.17. The van der Waals surface area contributed by atoms with Crippen molar-refractivity contribution in [3.63, 3.8) is 0 Å². The molecule has 1 aliphatic rings. The monoisotopic (exact) mass is 292 g/mol. The predicted octanol–water partition coefficient (Wildman–Crippen LogP) is 0.744. The zero-order valence-electron chi connectivity index (χ0n) is 9.83. The molecule has 1 saturated heterocycles. The zero-order chi connectivity index (χ0) is 12.3. The molecule has 0 amide bonds. The highest BCUT2D eigenvalue weighted by atomic mass is 35.5. The highest BCUT2D eigenvalue weighted by Gasteiger charge is 2.15. The summed E-state index contributed by atoms with van der Waals surface area (Å²) in [5, 5.41) is 8.27. The third-order valence-electron chi connectivity index (χ3n) is 2.80. The normalized spacial score (nSPS) is 19.3. The molecule has 1 heterocycles. The van der Waals surface area contributed by atoms with Gasteiger partial charge in [0.05, 0.1) is 11.5 Å². The number of nitrogens with one attached hydrogen (secondary N) is 1. The number of hydrogen-bond acceptors (Lipinski definition) is 4. The summed E-state index contributed by atoms with van der Waals surface area (Å²) >= 11 is 0. The first-order chi connectivity index (χ1) is 8.05. The molecule has 0 spiro atoms. The Hall–Kier alpha value is -0.820. The fourth-order valence-electron chi connectivity index (χ4n) is 1.80. The third kappa shape index (κ3) is 4.13. The van der Waals surface area contributed by atoms with E-state index in [1.165, 1.54) is 12.1 Å². The zero-order valence-corrected chi connectivity index (χ0v) is 11.5. The van der Waals surface area contributed by atoms with Crippen LogP contribution in [0.3, 0.4) is 0 Å². The Morgan fingerprint density at radius 3 is 2.50 bits per heavy atom. The second-order valence-electron chi connectivity index (χ2n) is 4.19. The van der Waals surface area contributed by atoms with Gasteiger partial charge in [-0.1, -0.05) is 0 Å². The summed E-state index contributed by atoms with van der Waals surface area (Å²) in [5.74, 6) is 1.21. The van der Waals surface area contributed by atoms with E-state index in [4.69, 9.17) is 9.88 Å². The van der Waals surface area contributed by atoms with Crippen LogP contribution in [0.1, 0.15) is 6.42 Å². The van der Waals surface area contributed by atoms with E-state index >= 15 is 0 Å². The van der Waals surface area contributed by atoms with E-state index in [1.54, 1.807) is 12.1 Å². The SMILES string of the molecule is Cl.NS(=O)(=O)c1ccc(OCC2CCNC2)cc1. The molecular formula is C11H17ClN2O3S. The second kappa shape index (κ2) is 6.38. The van der Waals surface area contributed by atoms with E-state index in [0.29, 0.717) is 18.3 Å². The van der Waals surface area contributed by atoms with E-state index in [9.17, 15) is 8.42 Å². The quantitative estimate of drug-likeness (QED) is 0.858. The minimum atomic E-state index is -3.62. The molecule has 0 aliphatic carbocycles. The topological polar surface area (TPSA) is 81.4 Å². The van der Waals surface area contributed by atoms with Gasteiger partial charge in [-0.2, -0.15) is 0 Å². The molecule has 1 aromatic carbocycles.